The van der Waals surface area contributed by atoms with Crippen LogP contribution in [0, 0.1) is 11.8 Å². The zero-order valence-electron chi connectivity index (χ0n) is 17.3. The quantitative estimate of drug-likeness (QED) is 0.380. The number of hydrogen-bond donors (Lipinski definition) is 3. The zero-order chi connectivity index (χ0) is 19.7. The van der Waals surface area contributed by atoms with Crippen molar-refractivity contribution in [3.05, 3.63) is 0 Å². The average Bonchev–Trinajstić information content (AvgIpc) is 2.54. The van der Waals surface area contributed by atoms with E-state index in [9.17, 15) is 8.42 Å². The van der Waals surface area contributed by atoms with Crippen molar-refractivity contribution in [3.63, 3.8) is 0 Å². The summed E-state index contributed by atoms with van der Waals surface area (Å²) in [5, 5.41) is 6.72. The molecule has 2 fully saturated rings. The summed E-state index contributed by atoms with van der Waals surface area (Å²) >= 11 is 0. The Kier molecular flexibility index (Phi) is 9.32. The summed E-state index contributed by atoms with van der Waals surface area (Å²) in [5.41, 5.74) is 0. The van der Waals surface area contributed by atoms with E-state index in [1.54, 1.807) is 0 Å². The monoisotopic (exact) mass is 401 g/mol. The van der Waals surface area contributed by atoms with Crippen molar-refractivity contribution in [1.29, 1.82) is 0 Å². The van der Waals surface area contributed by atoms with Gasteiger partial charge in [-0.15, -0.1) is 0 Å². The minimum absolute atomic E-state index is 0.0448. The molecule has 3 N–H and O–H groups in total. The molecule has 0 amide bonds. The fraction of sp³-hybridized carbons (Fsp3) is 0.947. The van der Waals surface area contributed by atoms with E-state index in [1.165, 1.54) is 6.42 Å². The van der Waals surface area contributed by atoms with Gasteiger partial charge in [-0.05, 0) is 44.4 Å². The molecule has 0 bridgehead atoms. The Morgan fingerprint density at radius 1 is 1.19 bits per heavy atom. The van der Waals surface area contributed by atoms with Gasteiger partial charge in [0.25, 0.3) is 0 Å². The first kappa shape index (κ1) is 22.4. The molecule has 1 saturated carbocycles. The van der Waals surface area contributed by atoms with Gasteiger partial charge in [-0.25, -0.2) is 13.1 Å². The van der Waals surface area contributed by atoms with E-state index < -0.39 is 10.0 Å². The van der Waals surface area contributed by atoms with Crippen molar-refractivity contribution < 1.29 is 8.42 Å². The molecule has 0 atom stereocenters. The summed E-state index contributed by atoms with van der Waals surface area (Å²) in [6, 6.07) is 0.402. The normalized spacial score (nSPS) is 20.7. The van der Waals surface area contributed by atoms with Gasteiger partial charge < -0.3 is 15.5 Å². The summed E-state index contributed by atoms with van der Waals surface area (Å²) in [5.74, 6) is 2.01. The summed E-state index contributed by atoms with van der Waals surface area (Å²) in [4.78, 5) is 7.00. The summed E-state index contributed by atoms with van der Waals surface area (Å²) in [7, 11) is -3.23. The molecule has 2 aliphatic rings. The lowest BCUT2D eigenvalue weighted by Crippen LogP contribution is -2.49. The SMILES string of the molecule is CCNC(=NCCS(=O)(=O)NCC1CCC1)NC1CCN(CC(C)C)CC1. The van der Waals surface area contributed by atoms with Crippen LogP contribution in [0.2, 0.25) is 0 Å². The van der Waals surface area contributed by atoms with Crippen molar-refractivity contribution in [1.82, 2.24) is 20.3 Å². The second kappa shape index (κ2) is 11.2. The minimum atomic E-state index is -3.23. The van der Waals surface area contributed by atoms with E-state index in [0.29, 0.717) is 24.4 Å². The summed E-state index contributed by atoms with van der Waals surface area (Å²) in [6.07, 6.45) is 5.71. The first-order valence-electron chi connectivity index (χ1n) is 10.6. The maximum atomic E-state index is 12.1. The van der Waals surface area contributed by atoms with Gasteiger partial charge in [0.15, 0.2) is 5.96 Å². The molecule has 1 saturated heterocycles. The lowest BCUT2D eigenvalue weighted by Gasteiger charge is -2.34. The molecule has 0 unspecified atom stereocenters. The van der Waals surface area contributed by atoms with Crippen LogP contribution in [0.25, 0.3) is 0 Å². The number of sulfonamides is 1. The molecular weight excluding hydrogens is 362 g/mol. The van der Waals surface area contributed by atoms with Crippen molar-refractivity contribution in [2.45, 2.75) is 58.9 Å². The Morgan fingerprint density at radius 3 is 2.44 bits per heavy atom. The molecule has 0 aromatic heterocycles. The Morgan fingerprint density at radius 2 is 1.89 bits per heavy atom. The lowest BCUT2D eigenvalue weighted by molar-refractivity contribution is 0.187. The zero-order valence-corrected chi connectivity index (χ0v) is 18.2. The maximum Gasteiger partial charge on any atom is 0.213 e. The first-order valence-corrected chi connectivity index (χ1v) is 12.3. The molecule has 8 heteroatoms. The van der Waals surface area contributed by atoms with E-state index in [1.807, 2.05) is 6.92 Å². The van der Waals surface area contributed by atoms with Gasteiger partial charge in [0.1, 0.15) is 0 Å². The van der Waals surface area contributed by atoms with E-state index in [2.05, 4.69) is 39.1 Å². The van der Waals surface area contributed by atoms with Crippen molar-refractivity contribution in [2.75, 3.05) is 45.0 Å². The van der Waals surface area contributed by atoms with E-state index in [-0.39, 0.29) is 12.3 Å². The largest absolute Gasteiger partial charge is 0.357 e. The van der Waals surface area contributed by atoms with Crippen molar-refractivity contribution >= 4 is 16.0 Å². The van der Waals surface area contributed by atoms with Gasteiger partial charge in [0, 0.05) is 38.8 Å². The number of nitrogens with zero attached hydrogens (tertiary/aromatic N) is 2. The highest BCUT2D eigenvalue weighted by Crippen LogP contribution is 2.25. The summed E-state index contributed by atoms with van der Waals surface area (Å²) < 4.78 is 26.9. The number of aliphatic imine (C=N–C) groups is 1. The predicted molar refractivity (Wildman–Crippen MR) is 113 cm³/mol. The molecule has 0 radical (unpaired) electrons. The summed E-state index contributed by atoms with van der Waals surface area (Å²) in [6.45, 7) is 11.5. The topological polar surface area (TPSA) is 85.8 Å². The van der Waals surface area contributed by atoms with Gasteiger partial charge in [-0.1, -0.05) is 20.3 Å². The molecule has 27 heavy (non-hydrogen) atoms. The van der Waals surface area contributed by atoms with Gasteiger partial charge in [0.05, 0.1) is 12.3 Å². The standard InChI is InChI=1S/C19H39N5O2S/c1-4-20-19(23-18-8-11-24(12-9-18)15-16(2)3)21-10-13-27(25,26)22-14-17-6-5-7-17/h16-18,22H,4-15H2,1-3H3,(H2,20,21,23). The van der Waals surface area contributed by atoms with E-state index in [4.69, 9.17) is 0 Å². The van der Waals surface area contributed by atoms with Crippen LogP contribution in [0.5, 0.6) is 0 Å². The second-order valence-electron chi connectivity index (χ2n) is 8.34. The molecule has 2 rings (SSSR count). The Bertz CT molecular complexity index is 552. The van der Waals surface area contributed by atoms with Gasteiger partial charge in [0.2, 0.25) is 10.0 Å². The van der Waals surface area contributed by atoms with Crippen LogP contribution in [0.1, 0.15) is 52.9 Å². The van der Waals surface area contributed by atoms with Crippen LogP contribution >= 0.6 is 0 Å². The highest BCUT2D eigenvalue weighted by Gasteiger charge is 2.21. The number of nitrogens with one attached hydrogen (secondary N) is 3. The highest BCUT2D eigenvalue weighted by molar-refractivity contribution is 7.89. The van der Waals surface area contributed by atoms with Crippen LogP contribution < -0.4 is 15.4 Å². The molecule has 7 nitrogen and oxygen atoms in total. The van der Waals surface area contributed by atoms with E-state index in [0.717, 1.165) is 57.8 Å². The Hall–Kier alpha value is -0.860. The smallest absolute Gasteiger partial charge is 0.213 e. The molecule has 1 aliphatic heterocycles. The van der Waals surface area contributed by atoms with Crippen molar-refractivity contribution in [2.24, 2.45) is 16.8 Å². The first-order chi connectivity index (χ1) is 12.9. The number of guanidine groups is 1. The third-order valence-corrected chi connectivity index (χ3v) is 6.67. The molecular formula is C19H39N5O2S. The van der Waals surface area contributed by atoms with Crippen LogP contribution in [0.15, 0.2) is 4.99 Å². The van der Waals surface area contributed by atoms with Crippen molar-refractivity contribution in [3.8, 4) is 0 Å². The third-order valence-electron chi connectivity index (χ3n) is 5.34. The van der Waals surface area contributed by atoms with Crippen LogP contribution in [0.4, 0.5) is 0 Å². The molecule has 0 aromatic carbocycles. The highest BCUT2D eigenvalue weighted by atomic mass is 32.2. The van der Waals surface area contributed by atoms with Crippen LogP contribution in [0.3, 0.4) is 0 Å². The second-order valence-corrected chi connectivity index (χ2v) is 10.3. The number of likely N-dealkylation sites (tertiary alicyclic amines) is 1. The van der Waals surface area contributed by atoms with Gasteiger partial charge >= 0.3 is 0 Å². The molecule has 1 aliphatic carbocycles. The number of hydrogen-bond acceptors (Lipinski definition) is 4. The van der Waals surface area contributed by atoms with Gasteiger partial charge in [-0.2, -0.15) is 0 Å². The fourth-order valence-corrected chi connectivity index (χ4v) is 4.55. The predicted octanol–water partition coefficient (Wildman–Crippen LogP) is 1.38. The number of rotatable bonds is 10. The fourth-order valence-electron chi connectivity index (χ4n) is 3.58. The average molecular weight is 402 g/mol. The van der Waals surface area contributed by atoms with Crippen LogP contribution in [-0.4, -0.2) is 70.3 Å². The molecule has 1 heterocycles. The minimum Gasteiger partial charge on any atom is -0.357 e. The van der Waals surface area contributed by atoms with Gasteiger partial charge in [-0.3, -0.25) is 4.99 Å². The molecule has 0 spiro atoms. The molecule has 0 aromatic rings. The molecule has 158 valence electrons. The Balaban J connectivity index is 1.73. The van der Waals surface area contributed by atoms with Crippen LogP contribution in [-0.2, 0) is 10.0 Å². The maximum absolute atomic E-state index is 12.1. The van der Waals surface area contributed by atoms with E-state index >= 15 is 0 Å². The number of piperidine rings is 1. The Labute approximate surface area is 165 Å². The lowest BCUT2D eigenvalue weighted by atomic mass is 9.86. The third kappa shape index (κ3) is 8.79.